The summed E-state index contributed by atoms with van der Waals surface area (Å²) in [6, 6.07) is 7.93. The van der Waals surface area contributed by atoms with Crippen molar-refractivity contribution in [3.63, 3.8) is 0 Å². The molecule has 96 valence electrons. The highest BCUT2D eigenvalue weighted by atomic mass is 32.2. The van der Waals surface area contributed by atoms with Gasteiger partial charge in [-0.2, -0.15) is 0 Å². The van der Waals surface area contributed by atoms with Crippen LogP contribution in [0.15, 0.2) is 24.3 Å². The maximum absolute atomic E-state index is 10.8. The minimum Gasteiger partial charge on any atom is -0.497 e. The fraction of sp³-hybridized carbons (Fsp3) is 0.500. The average molecular weight is 257 g/mol. The van der Waals surface area contributed by atoms with Crippen LogP contribution in [-0.2, 0) is 16.4 Å². The summed E-state index contributed by atoms with van der Waals surface area (Å²) in [7, 11) is -1.40. The molecule has 1 rings (SSSR count). The fourth-order valence-corrected chi connectivity index (χ4v) is 2.02. The maximum Gasteiger partial charge on any atom is 0.208 e. The molecular weight excluding hydrogens is 238 g/mol. The van der Waals surface area contributed by atoms with E-state index in [1.165, 1.54) is 11.8 Å². The Labute approximate surface area is 103 Å². The van der Waals surface area contributed by atoms with E-state index >= 15 is 0 Å². The summed E-state index contributed by atoms with van der Waals surface area (Å²) in [5.74, 6) is 0.854. The maximum atomic E-state index is 10.8. The van der Waals surface area contributed by atoms with E-state index in [0.717, 1.165) is 25.0 Å². The van der Waals surface area contributed by atoms with Crippen LogP contribution in [-0.4, -0.2) is 28.3 Å². The van der Waals surface area contributed by atoms with Crippen LogP contribution in [0.2, 0.25) is 0 Å². The second kappa shape index (κ2) is 6.61. The molecule has 4 nitrogen and oxygen atoms in total. The lowest BCUT2D eigenvalue weighted by atomic mass is 10.1. The van der Waals surface area contributed by atoms with Gasteiger partial charge in [0, 0.05) is 6.54 Å². The molecule has 0 saturated carbocycles. The smallest absolute Gasteiger partial charge is 0.208 e. The topological polar surface area (TPSA) is 55.4 Å². The van der Waals surface area contributed by atoms with E-state index in [9.17, 15) is 8.42 Å². The molecule has 1 aromatic rings. The number of unbranched alkanes of at least 4 members (excludes halogenated alkanes) is 1. The van der Waals surface area contributed by atoms with Gasteiger partial charge >= 0.3 is 0 Å². The van der Waals surface area contributed by atoms with Gasteiger partial charge in [-0.25, -0.2) is 13.1 Å². The molecule has 0 spiro atoms. The molecule has 0 saturated heterocycles. The van der Waals surface area contributed by atoms with Crippen molar-refractivity contribution >= 4 is 10.0 Å². The summed E-state index contributed by atoms with van der Waals surface area (Å²) in [6.45, 7) is 0.509. The predicted molar refractivity (Wildman–Crippen MR) is 68.8 cm³/mol. The van der Waals surface area contributed by atoms with Crippen LogP contribution in [0.4, 0.5) is 0 Å². The molecule has 0 fully saturated rings. The minimum atomic E-state index is -3.04. The van der Waals surface area contributed by atoms with Crippen molar-refractivity contribution in [2.45, 2.75) is 19.3 Å². The Morgan fingerprint density at radius 2 is 1.82 bits per heavy atom. The highest BCUT2D eigenvalue weighted by Gasteiger charge is 1.99. The zero-order valence-electron chi connectivity index (χ0n) is 10.3. The van der Waals surface area contributed by atoms with Crippen LogP contribution in [0.3, 0.4) is 0 Å². The molecule has 5 heteroatoms. The SMILES string of the molecule is COc1ccc(CCCCNS(C)(=O)=O)cc1. The number of methoxy groups -OCH3 is 1. The second-order valence-corrected chi connectivity index (χ2v) is 5.80. The molecule has 0 aliphatic carbocycles. The molecule has 0 aromatic heterocycles. The lowest BCUT2D eigenvalue weighted by Gasteiger charge is -2.04. The second-order valence-electron chi connectivity index (χ2n) is 3.97. The first kappa shape index (κ1) is 14.0. The lowest BCUT2D eigenvalue weighted by molar-refractivity contribution is 0.414. The molecule has 0 amide bonds. The van der Waals surface area contributed by atoms with Crippen LogP contribution in [0.25, 0.3) is 0 Å². The van der Waals surface area contributed by atoms with Gasteiger partial charge in [-0.1, -0.05) is 12.1 Å². The molecule has 0 aliphatic rings. The van der Waals surface area contributed by atoms with Gasteiger partial charge in [0.2, 0.25) is 10.0 Å². The predicted octanol–water partition coefficient (Wildman–Crippen LogP) is 1.57. The molecule has 0 unspecified atom stereocenters. The Bertz CT molecular complexity index is 426. The Morgan fingerprint density at radius 3 is 2.35 bits per heavy atom. The number of nitrogens with one attached hydrogen (secondary N) is 1. The zero-order valence-corrected chi connectivity index (χ0v) is 11.1. The fourth-order valence-electron chi connectivity index (χ4n) is 1.50. The molecule has 17 heavy (non-hydrogen) atoms. The first-order chi connectivity index (χ1) is 8.01. The summed E-state index contributed by atoms with van der Waals surface area (Å²) >= 11 is 0. The highest BCUT2D eigenvalue weighted by Crippen LogP contribution is 2.12. The first-order valence-corrected chi connectivity index (χ1v) is 7.48. The van der Waals surface area contributed by atoms with E-state index in [0.29, 0.717) is 6.54 Å². The van der Waals surface area contributed by atoms with Gasteiger partial charge < -0.3 is 4.74 Å². The van der Waals surface area contributed by atoms with Crippen molar-refractivity contribution < 1.29 is 13.2 Å². The quantitative estimate of drug-likeness (QED) is 0.754. The third-order valence-electron chi connectivity index (χ3n) is 2.42. The van der Waals surface area contributed by atoms with Crippen molar-refractivity contribution in [1.82, 2.24) is 4.72 Å². The third-order valence-corrected chi connectivity index (χ3v) is 3.14. The van der Waals surface area contributed by atoms with E-state index in [1.54, 1.807) is 7.11 Å². The van der Waals surface area contributed by atoms with E-state index in [4.69, 9.17) is 4.74 Å². The first-order valence-electron chi connectivity index (χ1n) is 5.59. The van der Waals surface area contributed by atoms with Crippen molar-refractivity contribution in [3.8, 4) is 5.75 Å². The van der Waals surface area contributed by atoms with Gasteiger partial charge in [-0.3, -0.25) is 0 Å². The molecular formula is C12H19NO3S. The molecule has 1 N–H and O–H groups in total. The number of hydrogen-bond acceptors (Lipinski definition) is 3. The van der Waals surface area contributed by atoms with Gasteiger partial charge in [0.25, 0.3) is 0 Å². The normalized spacial score (nSPS) is 11.4. The summed E-state index contributed by atoms with van der Waals surface area (Å²) in [6.07, 6.45) is 3.94. The minimum absolute atomic E-state index is 0.509. The summed E-state index contributed by atoms with van der Waals surface area (Å²) in [5.41, 5.74) is 1.24. The molecule has 0 bridgehead atoms. The summed E-state index contributed by atoms with van der Waals surface area (Å²) < 4.78 is 29.2. The van der Waals surface area contributed by atoms with Gasteiger partial charge in [0.1, 0.15) is 5.75 Å². The highest BCUT2D eigenvalue weighted by molar-refractivity contribution is 7.88. The van der Waals surface area contributed by atoms with E-state index in [-0.39, 0.29) is 0 Å². The van der Waals surface area contributed by atoms with Crippen LogP contribution >= 0.6 is 0 Å². The summed E-state index contributed by atoms with van der Waals surface area (Å²) in [4.78, 5) is 0. The van der Waals surface area contributed by atoms with E-state index < -0.39 is 10.0 Å². The van der Waals surface area contributed by atoms with Gasteiger partial charge in [-0.15, -0.1) is 0 Å². The third kappa shape index (κ3) is 6.28. The number of benzene rings is 1. The zero-order chi connectivity index (χ0) is 12.7. The number of aryl methyl sites for hydroxylation is 1. The van der Waals surface area contributed by atoms with Crippen molar-refractivity contribution in [1.29, 1.82) is 0 Å². The monoisotopic (exact) mass is 257 g/mol. The molecule has 0 aliphatic heterocycles. The number of sulfonamides is 1. The van der Waals surface area contributed by atoms with Gasteiger partial charge in [-0.05, 0) is 37.0 Å². The summed E-state index contributed by atoms with van der Waals surface area (Å²) in [5, 5.41) is 0. The van der Waals surface area contributed by atoms with Crippen molar-refractivity contribution in [2.24, 2.45) is 0 Å². The van der Waals surface area contributed by atoms with Crippen LogP contribution in [0, 0.1) is 0 Å². The van der Waals surface area contributed by atoms with Crippen LogP contribution in [0.1, 0.15) is 18.4 Å². The van der Waals surface area contributed by atoms with E-state index in [1.807, 2.05) is 24.3 Å². The number of ether oxygens (including phenoxy) is 1. The molecule has 0 atom stereocenters. The number of rotatable bonds is 7. The van der Waals surface area contributed by atoms with Crippen molar-refractivity contribution in [2.75, 3.05) is 19.9 Å². The molecule has 0 radical (unpaired) electrons. The Morgan fingerprint density at radius 1 is 1.18 bits per heavy atom. The lowest BCUT2D eigenvalue weighted by Crippen LogP contribution is -2.22. The Kier molecular flexibility index (Phi) is 5.44. The number of hydrogen-bond donors (Lipinski definition) is 1. The Balaban J connectivity index is 2.22. The average Bonchev–Trinajstić information content (AvgIpc) is 2.28. The van der Waals surface area contributed by atoms with Crippen molar-refractivity contribution in [3.05, 3.63) is 29.8 Å². The van der Waals surface area contributed by atoms with E-state index in [2.05, 4.69) is 4.72 Å². The Hall–Kier alpha value is -1.07. The van der Waals surface area contributed by atoms with Gasteiger partial charge in [0.15, 0.2) is 0 Å². The van der Waals surface area contributed by atoms with Gasteiger partial charge in [0.05, 0.1) is 13.4 Å². The molecule has 0 heterocycles. The van der Waals surface area contributed by atoms with Crippen LogP contribution in [0.5, 0.6) is 5.75 Å². The van der Waals surface area contributed by atoms with Crippen LogP contribution < -0.4 is 9.46 Å². The molecule has 1 aromatic carbocycles. The standard InChI is InChI=1S/C12H19NO3S/c1-16-12-8-6-11(7-9-12)5-3-4-10-13-17(2,14)15/h6-9,13H,3-5,10H2,1-2H3. The largest absolute Gasteiger partial charge is 0.497 e.